The molecule has 0 bridgehead atoms. The number of rotatable bonds is 3. The van der Waals surface area contributed by atoms with Crippen LogP contribution in [0.3, 0.4) is 0 Å². The molecule has 5 heteroatoms. The fourth-order valence-corrected chi connectivity index (χ4v) is 4.13. The van der Waals surface area contributed by atoms with Gasteiger partial charge in [0.15, 0.2) is 7.05 Å². The maximum atomic E-state index is 12.4. The molecule has 0 saturated carbocycles. The molecule has 2 rings (SSSR count). The molecule has 2 aromatic rings. The lowest BCUT2D eigenvalue weighted by Gasteiger charge is -2.25. The number of fused-ring (bicyclic) bond motifs is 1. The highest BCUT2D eigenvalue weighted by Crippen LogP contribution is 2.38. The van der Waals surface area contributed by atoms with Crippen molar-refractivity contribution in [2.24, 2.45) is 13.0 Å². The first kappa shape index (κ1) is 13.2. The van der Waals surface area contributed by atoms with E-state index in [0.717, 1.165) is 0 Å². The van der Waals surface area contributed by atoms with Crippen LogP contribution in [0.4, 0.5) is 0 Å². The molecule has 0 fully saturated rings. The summed E-state index contributed by atoms with van der Waals surface area (Å²) in [4.78, 5) is 12.4. The maximum absolute atomic E-state index is 12.4. The van der Waals surface area contributed by atoms with E-state index in [4.69, 9.17) is 0 Å². The summed E-state index contributed by atoms with van der Waals surface area (Å²) in [6.45, 7) is 3.82. The Morgan fingerprint density at radius 3 is 2.72 bits per heavy atom. The summed E-state index contributed by atoms with van der Waals surface area (Å²) in [5.74, 6) is 0.116. The molecule has 1 atom stereocenters. The Morgan fingerprint density at radius 1 is 1.39 bits per heavy atom. The Hall–Kier alpha value is -1.25. The van der Waals surface area contributed by atoms with Crippen LogP contribution in [0.2, 0.25) is 0 Å². The molecular weight excluding hydrogens is 247 g/mol. The molecule has 1 aromatic carbocycles. The zero-order chi connectivity index (χ0) is 13.3. The second kappa shape index (κ2) is 4.79. The van der Waals surface area contributed by atoms with Gasteiger partial charge in [-0.2, -0.15) is 0 Å². The largest absolute Gasteiger partial charge is 0.796 e. The average Bonchev–Trinajstić information content (AvgIpc) is 2.26. The Morgan fingerprint density at radius 2 is 2.06 bits per heavy atom. The molecule has 0 radical (unpaired) electrons. The number of aryl methyl sites for hydroxylation is 1. The summed E-state index contributed by atoms with van der Waals surface area (Å²) in [6, 6.07) is 7.33. The summed E-state index contributed by atoms with van der Waals surface area (Å²) in [7, 11) is -1.84. The van der Waals surface area contributed by atoms with Gasteiger partial charge in [-0.3, -0.25) is 0 Å². The highest BCUT2D eigenvalue weighted by molar-refractivity contribution is 7.65. The van der Waals surface area contributed by atoms with Gasteiger partial charge in [-0.05, 0) is 23.2 Å². The molecule has 4 nitrogen and oxygen atoms in total. The van der Waals surface area contributed by atoms with Crippen LogP contribution in [-0.2, 0) is 11.6 Å². The number of benzene rings is 1. The van der Waals surface area contributed by atoms with E-state index in [1.54, 1.807) is 17.9 Å². The van der Waals surface area contributed by atoms with Crippen LogP contribution in [0.15, 0.2) is 30.5 Å². The minimum atomic E-state index is -3.58. The van der Waals surface area contributed by atoms with E-state index in [1.165, 1.54) is 0 Å². The van der Waals surface area contributed by atoms with Gasteiger partial charge in [0, 0.05) is 5.39 Å². The molecule has 1 unspecified atom stereocenters. The van der Waals surface area contributed by atoms with Crippen LogP contribution in [-0.4, -0.2) is 11.3 Å². The summed E-state index contributed by atoms with van der Waals surface area (Å²) >= 11 is 0. The van der Waals surface area contributed by atoms with Gasteiger partial charge < -0.3 is 9.46 Å². The number of hydrogen-bond donors (Lipinski definition) is 0. The molecule has 0 N–H and O–H groups in total. The summed E-state index contributed by atoms with van der Waals surface area (Å²) < 4.78 is 14.0. The van der Waals surface area contributed by atoms with Crippen LogP contribution in [0, 0.1) is 5.92 Å². The van der Waals surface area contributed by atoms with E-state index in [1.807, 2.05) is 38.1 Å². The molecule has 1 heterocycles. The van der Waals surface area contributed by atoms with Gasteiger partial charge in [-0.15, -0.1) is 0 Å². The van der Waals surface area contributed by atoms with Crippen molar-refractivity contribution in [3.63, 3.8) is 0 Å². The minimum Gasteiger partial charge on any atom is -0.796 e. The summed E-state index contributed by atoms with van der Waals surface area (Å²) in [5, 5.41) is 5.38. The third-order valence-corrected chi connectivity index (χ3v) is 5.03. The molecule has 1 aromatic heterocycles. The third-order valence-electron chi connectivity index (χ3n) is 2.73. The van der Waals surface area contributed by atoms with Gasteiger partial charge in [-0.25, -0.2) is 0 Å². The monoisotopic (exact) mass is 264 g/mol. The zero-order valence-electron chi connectivity index (χ0n) is 10.8. The van der Waals surface area contributed by atoms with Gasteiger partial charge in [0.2, 0.25) is 6.20 Å². The van der Waals surface area contributed by atoms with E-state index < -0.39 is 7.37 Å². The fourth-order valence-electron chi connectivity index (χ4n) is 2.07. The fraction of sp³-hybridized carbons (Fsp3) is 0.385. The first-order chi connectivity index (χ1) is 8.40. The summed E-state index contributed by atoms with van der Waals surface area (Å²) in [6.07, 6.45) is 1.78. The predicted octanol–water partition coefficient (Wildman–Crippen LogP) is 0.979. The van der Waals surface area contributed by atoms with Gasteiger partial charge in [0.1, 0.15) is 5.52 Å². The molecular formula is C13H17N2O2P. The highest BCUT2D eigenvalue weighted by Gasteiger charge is 2.20. The second-order valence-electron chi connectivity index (χ2n) is 4.96. The predicted molar refractivity (Wildman–Crippen MR) is 69.9 cm³/mol. The van der Waals surface area contributed by atoms with E-state index >= 15 is 0 Å². The van der Waals surface area contributed by atoms with Crippen molar-refractivity contribution in [1.82, 2.24) is 5.10 Å². The molecule has 0 amide bonds. The van der Waals surface area contributed by atoms with Crippen molar-refractivity contribution in [3.8, 4) is 0 Å². The average molecular weight is 264 g/mol. The molecule has 0 aliphatic carbocycles. The number of aromatic nitrogens is 2. The van der Waals surface area contributed by atoms with Crippen LogP contribution < -0.4 is 14.9 Å². The summed E-state index contributed by atoms with van der Waals surface area (Å²) in [5.41, 5.74) is 0.706. The maximum Gasteiger partial charge on any atom is 0.206 e. The lowest BCUT2D eigenvalue weighted by atomic mass is 10.2. The molecule has 0 aliphatic heterocycles. The van der Waals surface area contributed by atoms with Gasteiger partial charge in [0.05, 0.1) is 12.7 Å². The van der Waals surface area contributed by atoms with Crippen molar-refractivity contribution in [2.75, 3.05) is 6.16 Å². The normalized spacial score (nSPS) is 14.9. The van der Waals surface area contributed by atoms with Crippen molar-refractivity contribution >= 4 is 23.6 Å². The molecule has 0 saturated heterocycles. The van der Waals surface area contributed by atoms with Crippen molar-refractivity contribution < 1.29 is 14.1 Å². The van der Waals surface area contributed by atoms with Crippen LogP contribution >= 0.6 is 7.37 Å². The van der Waals surface area contributed by atoms with Crippen LogP contribution in [0.5, 0.6) is 0 Å². The zero-order valence-corrected chi connectivity index (χ0v) is 11.7. The first-order valence-electron chi connectivity index (χ1n) is 5.96. The topological polar surface area (TPSA) is 56.9 Å². The van der Waals surface area contributed by atoms with E-state index in [2.05, 4.69) is 5.10 Å². The molecule has 0 spiro atoms. The van der Waals surface area contributed by atoms with E-state index in [9.17, 15) is 9.46 Å². The SMILES string of the molecule is CC(C)CP(=O)([O-])c1c[n+](C)nc2ccccc12. The van der Waals surface area contributed by atoms with Crippen molar-refractivity contribution in [2.45, 2.75) is 13.8 Å². The van der Waals surface area contributed by atoms with Gasteiger partial charge in [0.25, 0.3) is 0 Å². The number of hydrogen-bond acceptors (Lipinski definition) is 3. The van der Waals surface area contributed by atoms with E-state index in [-0.39, 0.29) is 12.1 Å². The van der Waals surface area contributed by atoms with Crippen LogP contribution in [0.1, 0.15) is 13.8 Å². The van der Waals surface area contributed by atoms with Crippen molar-refractivity contribution in [1.29, 1.82) is 0 Å². The van der Waals surface area contributed by atoms with Crippen LogP contribution in [0.25, 0.3) is 10.9 Å². The molecule has 18 heavy (non-hydrogen) atoms. The lowest BCUT2D eigenvalue weighted by Crippen LogP contribution is -2.38. The van der Waals surface area contributed by atoms with Crippen molar-refractivity contribution in [3.05, 3.63) is 30.5 Å². The Balaban J connectivity index is 2.66. The highest BCUT2D eigenvalue weighted by atomic mass is 31.2. The van der Waals surface area contributed by atoms with E-state index in [0.29, 0.717) is 16.2 Å². The molecule has 96 valence electrons. The quantitative estimate of drug-likeness (QED) is 0.613. The minimum absolute atomic E-state index is 0.116. The number of nitrogens with zero attached hydrogens (tertiary/aromatic N) is 2. The second-order valence-corrected chi connectivity index (χ2v) is 7.15. The first-order valence-corrected chi connectivity index (χ1v) is 7.77. The Bertz CT molecular complexity index is 625. The third kappa shape index (κ3) is 2.60. The molecule has 0 aliphatic rings. The lowest BCUT2D eigenvalue weighted by molar-refractivity contribution is -0.727. The smallest absolute Gasteiger partial charge is 0.206 e. The Labute approximate surface area is 107 Å². The standard InChI is InChI=1S/C13H17N2O2P/c1-10(2)9-18(16,17)13-8-15(3)14-12-7-5-4-6-11(12)13/h4-8,10H,9H2,1-3H3. The van der Waals surface area contributed by atoms with Gasteiger partial charge in [-0.1, -0.05) is 36.7 Å². The Kier molecular flexibility index (Phi) is 3.51. The van der Waals surface area contributed by atoms with Gasteiger partial charge >= 0.3 is 0 Å².